The number of carboxylic acid groups (broad SMARTS) is 1. The molecule has 2 aromatic carbocycles. The number of aromatic amines is 1. The maximum atomic E-state index is 12.9. The predicted octanol–water partition coefficient (Wildman–Crippen LogP) is 0.565. The Labute approximate surface area is 213 Å². The van der Waals surface area contributed by atoms with Crippen molar-refractivity contribution in [2.75, 3.05) is 0 Å². The number of para-hydroxylation sites is 1. The summed E-state index contributed by atoms with van der Waals surface area (Å²) >= 11 is 0. The minimum Gasteiger partial charge on any atom is -0.508 e. The van der Waals surface area contributed by atoms with Crippen LogP contribution in [0.2, 0.25) is 0 Å². The van der Waals surface area contributed by atoms with Gasteiger partial charge in [0.15, 0.2) is 0 Å². The molecule has 37 heavy (non-hydrogen) atoms. The lowest BCUT2D eigenvalue weighted by Crippen LogP contribution is -2.56. The maximum Gasteiger partial charge on any atom is 0.325 e. The number of aromatic hydroxyl groups is 1. The van der Waals surface area contributed by atoms with E-state index in [0.29, 0.717) is 5.56 Å². The Morgan fingerprint density at radius 2 is 1.51 bits per heavy atom. The number of amides is 3. The SMILES string of the molecule is CC(NC(=O)C(Cc1ccc(O)cc1)NC(=O)C(C)NC(=O)C(N)Cc1c[nH]c2ccccc12)C(=O)O. The third-order valence-corrected chi connectivity index (χ3v) is 5.94. The quantitative estimate of drug-likeness (QED) is 0.197. The lowest BCUT2D eigenvalue weighted by molar-refractivity contribution is -0.141. The molecule has 3 amide bonds. The highest BCUT2D eigenvalue weighted by atomic mass is 16.4. The van der Waals surface area contributed by atoms with Gasteiger partial charge >= 0.3 is 5.97 Å². The number of aromatic nitrogens is 1. The van der Waals surface area contributed by atoms with Crippen molar-refractivity contribution in [1.82, 2.24) is 20.9 Å². The number of hydrogen-bond acceptors (Lipinski definition) is 6. The van der Waals surface area contributed by atoms with Crippen molar-refractivity contribution in [1.29, 1.82) is 0 Å². The van der Waals surface area contributed by atoms with Gasteiger partial charge in [-0.25, -0.2) is 0 Å². The second-order valence-corrected chi connectivity index (χ2v) is 8.90. The zero-order valence-corrected chi connectivity index (χ0v) is 20.5. The van der Waals surface area contributed by atoms with Crippen molar-refractivity contribution in [3.05, 3.63) is 65.9 Å². The van der Waals surface area contributed by atoms with Crippen molar-refractivity contribution >= 4 is 34.6 Å². The molecule has 11 nitrogen and oxygen atoms in total. The minimum absolute atomic E-state index is 0.0327. The van der Waals surface area contributed by atoms with E-state index >= 15 is 0 Å². The summed E-state index contributed by atoms with van der Waals surface area (Å²) in [6, 6.07) is 9.42. The van der Waals surface area contributed by atoms with Crippen LogP contribution in [0.5, 0.6) is 5.75 Å². The Morgan fingerprint density at radius 1 is 0.865 bits per heavy atom. The lowest BCUT2D eigenvalue weighted by atomic mass is 10.0. The molecule has 8 N–H and O–H groups in total. The molecule has 3 rings (SSSR count). The van der Waals surface area contributed by atoms with Crippen molar-refractivity contribution in [3.63, 3.8) is 0 Å². The molecule has 0 saturated carbocycles. The Kier molecular flexibility index (Phi) is 8.86. The van der Waals surface area contributed by atoms with Crippen molar-refractivity contribution in [3.8, 4) is 5.75 Å². The number of carbonyl (C=O) groups excluding carboxylic acids is 3. The van der Waals surface area contributed by atoms with Crippen LogP contribution in [0.15, 0.2) is 54.7 Å². The molecule has 1 heterocycles. The Morgan fingerprint density at radius 3 is 2.19 bits per heavy atom. The molecular weight excluding hydrogens is 478 g/mol. The summed E-state index contributed by atoms with van der Waals surface area (Å²) < 4.78 is 0. The molecule has 0 aliphatic carbocycles. The van der Waals surface area contributed by atoms with E-state index in [-0.39, 0.29) is 18.6 Å². The second kappa shape index (κ2) is 12.0. The molecule has 11 heteroatoms. The number of carboxylic acids is 1. The van der Waals surface area contributed by atoms with Crippen molar-refractivity contribution < 1.29 is 29.4 Å². The molecule has 1 aromatic heterocycles. The van der Waals surface area contributed by atoms with Gasteiger partial charge in [0.2, 0.25) is 17.7 Å². The molecule has 0 saturated heterocycles. The molecule has 3 aromatic rings. The number of hydrogen-bond donors (Lipinski definition) is 7. The fourth-order valence-electron chi connectivity index (χ4n) is 3.77. The van der Waals surface area contributed by atoms with Gasteiger partial charge in [-0.2, -0.15) is 0 Å². The fourth-order valence-corrected chi connectivity index (χ4v) is 3.77. The minimum atomic E-state index is -1.23. The molecular formula is C26H31N5O6. The van der Waals surface area contributed by atoms with E-state index in [1.54, 1.807) is 18.3 Å². The molecule has 0 spiro atoms. The van der Waals surface area contributed by atoms with Crippen LogP contribution in [0.25, 0.3) is 10.9 Å². The van der Waals surface area contributed by atoms with Crippen LogP contribution < -0.4 is 21.7 Å². The number of nitrogens with two attached hydrogens (primary N) is 1. The summed E-state index contributed by atoms with van der Waals surface area (Å²) in [7, 11) is 0. The Bertz CT molecular complexity index is 1270. The molecule has 4 unspecified atom stereocenters. The molecule has 0 aliphatic rings. The number of fused-ring (bicyclic) bond motifs is 1. The highest BCUT2D eigenvalue weighted by Gasteiger charge is 2.28. The normalized spacial score (nSPS) is 14.2. The van der Waals surface area contributed by atoms with Crippen LogP contribution >= 0.6 is 0 Å². The molecule has 0 bridgehead atoms. The first-order valence-electron chi connectivity index (χ1n) is 11.8. The van der Waals surface area contributed by atoms with Gasteiger partial charge in [-0.1, -0.05) is 30.3 Å². The summed E-state index contributed by atoms with van der Waals surface area (Å²) in [5, 5.41) is 27.0. The van der Waals surface area contributed by atoms with Crippen molar-refractivity contribution in [2.24, 2.45) is 5.73 Å². The Hall–Kier alpha value is -4.38. The van der Waals surface area contributed by atoms with Gasteiger partial charge in [-0.15, -0.1) is 0 Å². The predicted molar refractivity (Wildman–Crippen MR) is 137 cm³/mol. The number of nitrogens with one attached hydrogen (secondary N) is 4. The van der Waals surface area contributed by atoms with Gasteiger partial charge in [0.05, 0.1) is 6.04 Å². The fraction of sp³-hybridized carbons (Fsp3) is 0.308. The van der Waals surface area contributed by atoms with E-state index in [9.17, 15) is 24.3 Å². The smallest absolute Gasteiger partial charge is 0.325 e. The topological polar surface area (TPSA) is 187 Å². The monoisotopic (exact) mass is 509 g/mol. The van der Waals surface area contributed by atoms with Crippen LogP contribution in [-0.4, -0.2) is 63.1 Å². The number of phenolic OH excluding ortho intramolecular Hbond substituents is 1. The number of benzene rings is 2. The summed E-state index contributed by atoms with van der Waals surface area (Å²) in [6.45, 7) is 2.76. The second-order valence-electron chi connectivity index (χ2n) is 8.90. The van der Waals surface area contributed by atoms with E-state index in [1.807, 2.05) is 24.3 Å². The van der Waals surface area contributed by atoms with E-state index in [1.165, 1.54) is 26.0 Å². The van der Waals surface area contributed by atoms with Crippen LogP contribution in [0.3, 0.4) is 0 Å². The standard InChI is InChI=1S/C26H31N5O6/c1-14(29-24(34)20(27)12-17-13-28-21-6-4-3-5-19(17)21)23(33)31-22(25(35)30-15(2)26(36)37)11-16-7-9-18(32)10-8-16/h3-10,13-15,20,22,28,32H,11-12,27H2,1-2H3,(H,29,34)(H,30,35)(H,31,33)(H,36,37). The molecule has 0 fully saturated rings. The Balaban J connectivity index is 1.63. The first kappa shape index (κ1) is 27.2. The zero-order valence-electron chi connectivity index (χ0n) is 20.5. The highest BCUT2D eigenvalue weighted by Crippen LogP contribution is 2.19. The lowest BCUT2D eigenvalue weighted by Gasteiger charge is -2.23. The van der Waals surface area contributed by atoms with Gasteiger partial charge in [0.25, 0.3) is 0 Å². The molecule has 0 radical (unpaired) electrons. The van der Waals surface area contributed by atoms with E-state index in [2.05, 4.69) is 20.9 Å². The number of aliphatic carboxylic acids is 1. The van der Waals surface area contributed by atoms with Gasteiger partial charge in [0.1, 0.15) is 23.9 Å². The van der Waals surface area contributed by atoms with E-state index in [4.69, 9.17) is 10.8 Å². The van der Waals surface area contributed by atoms with Crippen LogP contribution in [0.4, 0.5) is 0 Å². The first-order valence-corrected chi connectivity index (χ1v) is 11.8. The number of phenols is 1. The molecule has 0 aliphatic heterocycles. The largest absolute Gasteiger partial charge is 0.508 e. The van der Waals surface area contributed by atoms with Crippen molar-refractivity contribution in [2.45, 2.75) is 50.9 Å². The van der Waals surface area contributed by atoms with Gasteiger partial charge in [-0.05, 0) is 49.6 Å². The van der Waals surface area contributed by atoms with E-state index in [0.717, 1.165) is 16.5 Å². The third kappa shape index (κ3) is 7.31. The third-order valence-electron chi connectivity index (χ3n) is 5.94. The van der Waals surface area contributed by atoms with Crippen LogP contribution in [0, 0.1) is 0 Å². The van der Waals surface area contributed by atoms with Crippen LogP contribution in [0.1, 0.15) is 25.0 Å². The van der Waals surface area contributed by atoms with Gasteiger partial charge in [-0.3, -0.25) is 19.2 Å². The number of H-pyrrole nitrogens is 1. The van der Waals surface area contributed by atoms with E-state index < -0.39 is 47.9 Å². The summed E-state index contributed by atoms with van der Waals surface area (Å²) in [6.07, 6.45) is 2.08. The maximum absolute atomic E-state index is 12.9. The average molecular weight is 510 g/mol. The van der Waals surface area contributed by atoms with Gasteiger partial charge in [0, 0.05) is 23.5 Å². The van der Waals surface area contributed by atoms with Gasteiger partial charge < -0.3 is 36.9 Å². The summed E-state index contributed by atoms with van der Waals surface area (Å²) in [4.78, 5) is 52.6. The first-order chi connectivity index (χ1) is 17.5. The number of carbonyl (C=O) groups is 4. The highest BCUT2D eigenvalue weighted by molar-refractivity contribution is 5.94. The van der Waals surface area contributed by atoms with Crippen LogP contribution in [-0.2, 0) is 32.0 Å². The average Bonchev–Trinajstić information content (AvgIpc) is 3.27. The molecule has 4 atom stereocenters. The zero-order chi connectivity index (χ0) is 27.1. The summed E-state index contributed by atoms with van der Waals surface area (Å²) in [5.74, 6) is -3.08. The summed E-state index contributed by atoms with van der Waals surface area (Å²) in [5.41, 5.74) is 8.51. The number of rotatable bonds is 11. The molecule has 196 valence electrons.